The Morgan fingerprint density at radius 3 is 2.58 bits per heavy atom. The first kappa shape index (κ1) is 17.1. The van der Waals surface area contributed by atoms with Crippen LogP contribution in [0.4, 0.5) is 0 Å². The highest BCUT2D eigenvalue weighted by atomic mass is 35.5. The number of rotatable bonds is 7. The summed E-state index contributed by atoms with van der Waals surface area (Å²) in [7, 11) is 2.11. The van der Waals surface area contributed by atoms with E-state index in [1.165, 1.54) is 0 Å². The molecule has 0 aliphatic heterocycles. The normalized spacial score (nSPS) is 14.7. The zero-order chi connectivity index (χ0) is 14.4. The molecule has 0 spiro atoms. The maximum Gasteiger partial charge on any atom is 0.0485 e. The van der Waals surface area contributed by atoms with Crippen LogP contribution in [0.1, 0.15) is 24.9 Å². The highest BCUT2D eigenvalue weighted by Crippen LogP contribution is 2.30. The first-order valence-corrected chi connectivity index (χ1v) is 8.56. The van der Waals surface area contributed by atoms with Gasteiger partial charge in [-0.1, -0.05) is 30.1 Å². The summed E-state index contributed by atoms with van der Waals surface area (Å²) in [6, 6.07) is 6.15. The van der Waals surface area contributed by atoms with Crippen molar-refractivity contribution in [3.8, 4) is 0 Å². The van der Waals surface area contributed by atoms with Crippen molar-refractivity contribution in [2.24, 2.45) is 5.73 Å². The SMILES string of the molecule is CCC(CSC)N(C)C(CN)c1cc(Cl)ccc1Cl. The number of benzene rings is 1. The van der Waals surface area contributed by atoms with E-state index in [0.717, 1.165) is 22.8 Å². The van der Waals surface area contributed by atoms with E-state index in [1.54, 1.807) is 6.07 Å². The first-order valence-electron chi connectivity index (χ1n) is 6.41. The molecule has 0 aliphatic rings. The molecule has 0 heterocycles. The van der Waals surface area contributed by atoms with Gasteiger partial charge in [-0.2, -0.15) is 11.8 Å². The molecule has 1 aromatic carbocycles. The largest absolute Gasteiger partial charge is 0.329 e. The maximum absolute atomic E-state index is 6.29. The number of nitrogens with zero attached hydrogens (tertiary/aromatic N) is 1. The lowest BCUT2D eigenvalue weighted by Crippen LogP contribution is -2.39. The third-order valence-electron chi connectivity index (χ3n) is 3.44. The van der Waals surface area contributed by atoms with Gasteiger partial charge in [-0.3, -0.25) is 4.90 Å². The second-order valence-corrected chi connectivity index (χ2v) is 6.35. The molecule has 2 atom stereocenters. The number of hydrogen-bond donors (Lipinski definition) is 1. The Balaban J connectivity index is 3.01. The van der Waals surface area contributed by atoms with Crippen LogP contribution in [-0.4, -0.2) is 36.5 Å². The van der Waals surface area contributed by atoms with Gasteiger partial charge in [0.05, 0.1) is 0 Å². The number of nitrogens with two attached hydrogens (primary N) is 1. The average molecular weight is 321 g/mol. The van der Waals surface area contributed by atoms with Gasteiger partial charge in [0.1, 0.15) is 0 Å². The van der Waals surface area contributed by atoms with Crippen LogP contribution < -0.4 is 5.73 Å². The van der Waals surface area contributed by atoms with Crippen molar-refractivity contribution in [2.75, 3.05) is 25.6 Å². The molecule has 0 radical (unpaired) electrons. The summed E-state index contributed by atoms with van der Waals surface area (Å²) in [6.07, 6.45) is 3.21. The van der Waals surface area contributed by atoms with E-state index >= 15 is 0 Å². The van der Waals surface area contributed by atoms with Crippen molar-refractivity contribution in [2.45, 2.75) is 25.4 Å². The molecular weight excluding hydrogens is 299 g/mol. The molecule has 2 N–H and O–H groups in total. The summed E-state index contributed by atoms with van der Waals surface area (Å²) >= 11 is 14.2. The van der Waals surface area contributed by atoms with E-state index < -0.39 is 0 Å². The van der Waals surface area contributed by atoms with Gasteiger partial charge >= 0.3 is 0 Å². The standard InChI is InChI=1S/C14H22Cl2N2S/c1-4-11(9-19-3)18(2)14(8-17)12-7-10(15)5-6-13(12)16/h5-7,11,14H,4,8-9,17H2,1-3H3. The first-order chi connectivity index (χ1) is 9.04. The van der Waals surface area contributed by atoms with E-state index in [1.807, 2.05) is 23.9 Å². The summed E-state index contributed by atoms with van der Waals surface area (Å²) in [5.41, 5.74) is 6.98. The molecule has 19 heavy (non-hydrogen) atoms. The topological polar surface area (TPSA) is 29.3 Å². The van der Waals surface area contributed by atoms with Gasteiger partial charge in [0.2, 0.25) is 0 Å². The zero-order valence-corrected chi connectivity index (χ0v) is 14.0. The van der Waals surface area contributed by atoms with Crippen LogP contribution in [0, 0.1) is 0 Å². The minimum absolute atomic E-state index is 0.100. The van der Waals surface area contributed by atoms with Gasteiger partial charge in [0.15, 0.2) is 0 Å². The van der Waals surface area contributed by atoms with E-state index in [2.05, 4.69) is 25.1 Å². The molecule has 0 aromatic heterocycles. The third kappa shape index (κ3) is 4.54. The Labute approximate surface area is 130 Å². The molecule has 2 unspecified atom stereocenters. The van der Waals surface area contributed by atoms with Crippen molar-refractivity contribution in [1.29, 1.82) is 0 Å². The van der Waals surface area contributed by atoms with Crippen LogP contribution in [0.2, 0.25) is 10.0 Å². The molecule has 1 aromatic rings. The number of halogens is 2. The maximum atomic E-state index is 6.29. The Bertz CT molecular complexity index is 401. The molecule has 0 aliphatic carbocycles. The lowest BCUT2D eigenvalue weighted by atomic mass is 10.0. The second-order valence-electron chi connectivity index (χ2n) is 4.60. The van der Waals surface area contributed by atoms with E-state index in [9.17, 15) is 0 Å². The van der Waals surface area contributed by atoms with Crippen molar-refractivity contribution in [3.63, 3.8) is 0 Å². The minimum Gasteiger partial charge on any atom is -0.329 e. The predicted molar refractivity (Wildman–Crippen MR) is 88.5 cm³/mol. The van der Waals surface area contributed by atoms with Gasteiger partial charge in [0, 0.05) is 34.4 Å². The molecule has 0 amide bonds. The summed E-state index contributed by atoms with van der Waals surface area (Å²) in [6.45, 7) is 2.73. The van der Waals surface area contributed by atoms with E-state index in [4.69, 9.17) is 28.9 Å². The molecule has 108 valence electrons. The number of hydrogen-bond acceptors (Lipinski definition) is 3. The van der Waals surface area contributed by atoms with Crippen molar-refractivity contribution >= 4 is 35.0 Å². The lowest BCUT2D eigenvalue weighted by molar-refractivity contribution is 0.188. The Morgan fingerprint density at radius 1 is 1.37 bits per heavy atom. The molecule has 0 bridgehead atoms. The molecule has 5 heteroatoms. The van der Waals surface area contributed by atoms with E-state index in [-0.39, 0.29) is 6.04 Å². The Kier molecular flexibility index (Phi) is 7.55. The molecule has 0 fully saturated rings. The van der Waals surface area contributed by atoms with Gasteiger partial charge in [-0.05, 0) is 43.5 Å². The van der Waals surface area contributed by atoms with Crippen LogP contribution >= 0.6 is 35.0 Å². The monoisotopic (exact) mass is 320 g/mol. The predicted octanol–water partition coefficient (Wildman–Crippen LogP) is 4.07. The van der Waals surface area contributed by atoms with Crippen LogP contribution in [0.15, 0.2) is 18.2 Å². The highest BCUT2D eigenvalue weighted by Gasteiger charge is 2.23. The fourth-order valence-corrected chi connectivity index (χ4v) is 3.53. The van der Waals surface area contributed by atoms with E-state index in [0.29, 0.717) is 17.6 Å². The van der Waals surface area contributed by atoms with Crippen LogP contribution in [0.5, 0.6) is 0 Å². The molecule has 0 saturated carbocycles. The van der Waals surface area contributed by atoms with Crippen molar-refractivity contribution in [1.82, 2.24) is 4.90 Å². The van der Waals surface area contributed by atoms with Gasteiger partial charge < -0.3 is 5.73 Å². The smallest absolute Gasteiger partial charge is 0.0485 e. The second kappa shape index (κ2) is 8.38. The molecule has 2 nitrogen and oxygen atoms in total. The highest BCUT2D eigenvalue weighted by molar-refractivity contribution is 7.98. The molecule has 0 saturated heterocycles. The van der Waals surface area contributed by atoms with Crippen LogP contribution in [-0.2, 0) is 0 Å². The van der Waals surface area contributed by atoms with Crippen molar-refractivity contribution in [3.05, 3.63) is 33.8 Å². The van der Waals surface area contributed by atoms with Gasteiger partial charge in [0.25, 0.3) is 0 Å². The minimum atomic E-state index is 0.100. The third-order valence-corrected chi connectivity index (χ3v) is 4.74. The summed E-state index contributed by atoms with van der Waals surface area (Å²) in [4.78, 5) is 2.31. The average Bonchev–Trinajstić information content (AvgIpc) is 2.40. The van der Waals surface area contributed by atoms with Crippen molar-refractivity contribution < 1.29 is 0 Å². The fraction of sp³-hybridized carbons (Fsp3) is 0.571. The Morgan fingerprint density at radius 2 is 2.05 bits per heavy atom. The molecular formula is C14H22Cl2N2S. The van der Waals surface area contributed by atoms with Gasteiger partial charge in [-0.15, -0.1) is 0 Å². The van der Waals surface area contributed by atoms with Crippen LogP contribution in [0.25, 0.3) is 0 Å². The Hall–Kier alpha value is 0.0700. The van der Waals surface area contributed by atoms with Gasteiger partial charge in [-0.25, -0.2) is 0 Å². The lowest BCUT2D eigenvalue weighted by Gasteiger charge is -2.34. The quantitative estimate of drug-likeness (QED) is 0.821. The van der Waals surface area contributed by atoms with Crippen LogP contribution in [0.3, 0.4) is 0 Å². The molecule has 1 rings (SSSR count). The number of likely N-dealkylation sites (N-methyl/N-ethyl adjacent to an activating group) is 1. The summed E-state index contributed by atoms with van der Waals surface area (Å²) in [5, 5.41) is 1.43. The fourth-order valence-electron chi connectivity index (χ4n) is 2.25. The summed E-state index contributed by atoms with van der Waals surface area (Å²) < 4.78 is 0. The zero-order valence-electron chi connectivity index (χ0n) is 11.7. The number of thioether (sulfide) groups is 1. The summed E-state index contributed by atoms with van der Waals surface area (Å²) in [5.74, 6) is 1.09.